The molecule has 11 aromatic rings. The van der Waals surface area contributed by atoms with Crippen molar-refractivity contribution in [2.75, 3.05) is 5.32 Å². The van der Waals surface area contributed by atoms with Gasteiger partial charge in [-0.2, -0.15) is 0 Å². The number of nitrogens with zero attached hydrogens (tertiary/aromatic N) is 3. The summed E-state index contributed by atoms with van der Waals surface area (Å²) >= 11 is 0. The molecular weight excluding hydrogens is 821 g/mol. The Bertz CT molecular complexity index is 4150. The number of aliphatic imine (C=N–C) groups is 2. The van der Waals surface area contributed by atoms with Crippen molar-refractivity contribution in [1.82, 2.24) is 4.57 Å². The van der Waals surface area contributed by atoms with E-state index in [-0.39, 0.29) is 11.8 Å². The predicted molar refractivity (Wildman–Crippen MR) is 275 cm³/mol. The summed E-state index contributed by atoms with van der Waals surface area (Å²) in [6.45, 7) is 2.18. The zero-order valence-corrected chi connectivity index (χ0v) is 36.5. The predicted octanol–water partition coefficient (Wildman–Crippen LogP) is 15.3. The molecule has 0 saturated carbocycles. The summed E-state index contributed by atoms with van der Waals surface area (Å²) < 4.78 is 16.1. The third-order valence-corrected chi connectivity index (χ3v) is 14.8. The summed E-state index contributed by atoms with van der Waals surface area (Å²) in [5.74, 6) is 1.94. The Balaban J connectivity index is 1.09. The molecule has 2 aliphatic heterocycles. The van der Waals surface area contributed by atoms with Crippen LogP contribution in [0.2, 0.25) is 0 Å². The van der Waals surface area contributed by atoms with E-state index >= 15 is 0 Å². The van der Waals surface area contributed by atoms with Gasteiger partial charge in [0.1, 0.15) is 22.5 Å². The van der Waals surface area contributed by atoms with Gasteiger partial charge in [0.15, 0.2) is 11.5 Å². The number of benzene rings is 8. The highest BCUT2D eigenvalue weighted by atomic mass is 16.3. The molecule has 0 amide bonds. The Morgan fingerprint density at radius 1 is 0.642 bits per heavy atom. The Labute approximate surface area is 385 Å². The minimum absolute atomic E-state index is 0.0986. The summed E-state index contributed by atoms with van der Waals surface area (Å²) in [4.78, 5) is 11.7. The summed E-state index contributed by atoms with van der Waals surface area (Å²) in [7, 11) is 0. The fourth-order valence-corrected chi connectivity index (χ4v) is 11.7. The fourth-order valence-electron chi connectivity index (χ4n) is 11.7. The molecule has 4 aliphatic rings. The monoisotopic (exact) mass is 860 g/mol. The number of anilines is 1. The molecule has 3 atom stereocenters. The normalized spacial score (nSPS) is 19.2. The molecule has 15 rings (SSSR count). The first kappa shape index (κ1) is 36.8. The van der Waals surface area contributed by atoms with Crippen molar-refractivity contribution >= 4 is 88.8 Å². The van der Waals surface area contributed by atoms with Crippen LogP contribution in [-0.2, 0) is 5.66 Å². The smallest absolute Gasteiger partial charge is 0.163 e. The standard InChI is InChI=1S/C61H40N4O2/c1-35-12-2-6-18-42(35)39-16-10-17-41(30-39)61-34-50(62-60(64-61)40-25-26-45-44-20-8-9-23-53(44)66-55(45)33-40)57-51(28-29-54-56(57)47-27-24-36-13-5-7-19-43(36)59(47)67-54)65-52-32-38-15-4-3-14-37(38)31-48(52)46-21-11-22-49(63-61)58(46)65/h2-33,36,43,63H,34H2,1H3/t36?,43?,61-/m1/s1. The van der Waals surface area contributed by atoms with Gasteiger partial charge in [0, 0.05) is 67.4 Å². The average molecular weight is 861 g/mol. The molecule has 0 radical (unpaired) electrons. The molecule has 0 spiro atoms. The van der Waals surface area contributed by atoms with Gasteiger partial charge in [-0.05, 0) is 89.0 Å². The maximum absolute atomic E-state index is 7.05. The van der Waals surface area contributed by atoms with Crippen LogP contribution in [-0.4, -0.2) is 16.1 Å². The molecule has 67 heavy (non-hydrogen) atoms. The van der Waals surface area contributed by atoms with Crippen molar-refractivity contribution in [3.63, 3.8) is 0 Å². The van der Waals surface area contributed by atoms with Crippen LogP contribution in [0.25, 0.3) is 88.4 Å². The maximum atomic E-state index is 7.05. The third-order valence-electron chi connectivity index (χ3n) is 14.8. The number of aromatic nitrogens is 1. The number of nitrogens with one attached hydrogen (secondary N) is 1. The second kappa shape index (κ2) is 13.5. The van der Waals surface area contributed by atoms with Gasteiger partial charge in [-0.25, -0.2) is 9.98 Å². The van der Waals surface area contributed by atoms with Crippen molar-refractivity contribution in [3.8, 4) is 16.8 Å². The van der Waals surface area contributed by atoms with Gasteiger partial charge in [0.05, 0.1) is 28.1 Å². The van der Waals surface area contributed by atoms with E-state index in [0.29, 0.717) is 12.3 Å². The number of amidine groups is 1. The number of hydrogen-bond acceptors (Lipinski definition) is 5. The summed E-state index contributed by atoms with van der Waals surface area (Å²) in [5.41, 5.74) is 14.3. The molecule has 316 valence electrons. The summed E-state index contributed by atoms with van der Waals surface area (Å²) in [5, 5.41) is 12.2. The number of fused-ring (bicyclic) bond motifs is 18. The number of aryl methyl sites for hydroxylation is 1. The quantitative estimate of drug-likeness (QED) is 0.192. The Morgan fingerprint density at radius 3 is 2.40 bits per heavy atom. The van der Waals surface area contributed by atoms with E-state index in [1.165, 1.54) is 27.3 Å². The van der Waals surface area contributed by atoms with E-state index in [2.05, 4.69) is 199 Å². The van der Waals surface area contributed by atoms with Crippen LogP contribution < -0.4 is 5.32 Å². The third kappa shape index (κ3) is 5.26. The molecule has 0 saturated heterocycles. The number of rotatable bonds is 3. The lowest BCUT2D eigenvalue weighted by atomic mass is 9.80. The number of para-hydroxylation sites is 2. The van der Waals surface area contributed by atoms with Gasteiger partial charge >= 0.3 is 0 Å². The van der Waals surface area contributed by atoms with Crippen LogP contribution >= 0.6 is 0 Å². The molecule has 6 nitrogen and oxygen atoms in total. The van der Waals surface area contributed by atoms with E-state index in [4.69, 9.17) is 18.8 Å². The Kier molecular flexibility index (Phi) is 7.44. The molecule has 2 unspecified atom stereocenters. The lowest BCUT2D eigenvalue weighted by Gasteiger charge is -2.36. The summed E-state index contributed by atoms with van der Waals surface area (Å²) in [6, 6.07) is 56.7. The zero-order chi connectivity index (χ0) is 44.0. The largest absolute Gasteiger partial charge is 0.460 e. The Morgan fingerprint density at radius 2 is 1.46 bits per heavy atom. The highest BCUT2D eigenvalue weighted by Crippen LogP contribution is 2.50. The SMILES string of the molecule is Cc1ccccc1-c1cccc([C@@]23CC(=NC(c4ccc5c(c4)oc4ccccc45)=N2)c2c(ccc4oc5c(c24)C=CC2C=CC=CC52)-n2c4cc5ccccc5cc4c4cccc(c42)N3)c1. The van der Waals surface area contributed by atoms with Gasteiger partial charge < -0.3 is 18.7 Å². The highest BCUT2D eigenvalue weighted by molar-refractivity contribution is 6.24. The van der Waals surface area contributed by atoms with Gasteiger partial charge in [0.2, 0.25) is 0 Å². The van der Waals surface area contributed by atoms with Crippen molar-refractivity contribution in [2.24, 2.45) is 15.9 Å². The van der Waals surface area contributed by atoms with E-state index < -0.39 is 5.66 Å². The minimum Gasteiger partial charge on any atom is -0.460 e. The van der Waals surface area contributed by atoms with E-state index in [1.54, 1.807) is 0 Å². The maximum Gasteiger partial charge on any atom is 0.163 e. The molecule has 5 heterocycles. The topological polar surface area (TPSA) is 68.0 Å². The number of allylic oxidation sites excluding steroid dienone is 5. The van der Waals surface area contributed by atoms with Gasteiger partial charge in [-0.3, -0.25) is 0 Å². The molecule has 6 heteroatoms. The highest BCUT2D eigenvalue weighted by Gasteiger charge is 2.42. The van der Waals surface area contributed by atoms with Crippen LogP contribution in [0.4, 0.5) is 5.69 Å². The van der Waals surface area contributed by atoms with Gasteiger partial charge in [0.25, 0.3) is 0 Å². The average Bonchev–Trinajstić information content (AvgIpc) is 4.05. The van der Waals surface area contributed by atoms with E-state index in [0.717, 1.165) is 100.0 Å². The molecule has 3 aromatic heterocycles. The molecule has 0 fully saturated rings. The van der Waals surface area contributed by atoms with Gasteiger partial charge in [-0.15, -0.1) is 0 Å². The first-order valence-electron chi connectivity index (χ1n) is 23.2. The van der Waals surface area contributed by atoms with Crippen molar-refractivity contribution < 1.29 is 8.83 Å². The van der Waals surface area contributed by atoms with Crippen LogP contribution in [0.5, 0.6) is 0 Å². The van der Waals surface area contributed by atoms with Crippen LogP contribution in [0.1, 0.15) is 45.9 Å². The van der Waals surface area contributed by atoms with Gasteiger partial charge in [-0.1, -0.05) is 140 Å². The lowest BCUT2D eigenvalue weighted by Crippen LogP contribution is -2.40. The second-order valence-corrected chi connectivity index (χ2v) is 18.6. The summed E-state index contributed by atoms with van der Waals surface area (Å²) in [6.07, 6.45) is 13.9. The van der Waals surface area contributed by atoms with Crippen LogP contribution in [0.3, 0.4) is 0 Å². The van der Waals surface area contributed by atoms with E-state index in [9.17, 15) is 0 Å². The number of furan rings is 2. The molecule has 2 aliphatic carbocycles. The Hall–Kier alpha value is -8.48. The lowest BCUT2D eigenvalue weighted by molar-refractivity contribution is 0.492. The van der Waals surface area contributed by atoms with Crippen LogP contribution in [0, 0.1) is 12.8 Å². The van der Waals surface area contributed by atoms with Crippen molar-refractivity contribution in [1.29, 1.82) is 0 Å². The first-order valence-corrected chi connectivity index (χ1v) is 23.2. The zero-order valence-electron chi connectivity index (χ0n) is 36.5. The first-order chi connectivity index (χ1) is 33.0. The molecule has 8 aromatic carbocycles. The minimum atomic E-state index is -1.01. The van der Waals surface area contributed by atoms with Crippen molar-refractivity contribution in [3.05, 3.63) is 222 Å². The second-order valence-electron chi connectivity index (χ2n) is 18.6. The fraction of sp³-hybridized carbons (Fsp3) is 0.0820. The van der Waals surface area contributed by atoms with Crippen molar-refractivity contribution in [2.45, 2.75) is 24.9 Å². The molecule has 1 N–H and O–H groups in total. The number of hydrogen-bond donors (Lipinski definition) is 1. The van der Waals surface area contributed by atoms with Crippen LogP contribution in [0.15, 0.2) is 207 Å². The molecule has 2 bridgehead atoms. The van der Waals surface area contributed by atoms with E-state index in [1.807, 2.05) is 12.1 Å². The molecular formula is C61H40N4O2.